The third kappa shape index (κ3) is 2.36. The number of carbonyl (C=O) groups excluding carboxylic acids is 1. The van der Waals surface area contributed by atoms with Gasteiger partial charge in [-0.25, -0.2) is 9.78 Å². The first kappa shape index (κ1) is 11.8. The van der Waals surface area contributed by atoms with Crippen molar-refractivity contribution >= 4 is 17.3 Å². The average molecular weight is 251 g/mol. The zero-order chi connectivity index (χ0) is 12.4. The Kier molecular flexibility index (Phi) is 3.23. The molecule has 2 heterocycles. The summed E-state index contributed by atoms with van der Waals surface area (Å²) >= 11 is 1.62. The maximum atomic E-state index is 11.4. The molecule has 0 unspecified atom stereocenters. The molecule has 6 heteroatoms. The van der Waals surface area contributed by atoms with Gasteiger partial charge in [-0.15, -0.1) is 16.4 Å². The predicted octanol–water partition coefficient (Wildman–Crippen LogP) is 2.33. The van der Waals surface area contributed by atoms with Gasteiger partial charge >= 0.3 is 5.97 Å². The van der Waals surface area contributed by atoms with Crippen molar-refractivity contribution in [2.24, 2.45) is 0 Å². The molecule has 2 aromatic heterocycles. The van der Waals surface area contributed by atoms with Crippen molar-refractivity contribution in [2.45, 2.75) is 20.8 Å². The Balaban J connectivity index is 2.26. The SMILES string of the molecule is CCOC(=O)c1n[nH]c(-c2cc(C)c(C)s2)n1. The predicted molar refractivity (Wildman–Crippen MR) is 65.1 cm³/mol. The first-order chi connectivity index (χ1) is 8.11. The molecule has 0 saturated heterocycles. The molecule has 0 fully saturated rings. The second-order valence-corrected chi connectivity index (χ2v) is 4.83. The Hall–Kier alpha value is -1.69. The third-order valence-electron chi connectivity index (χ3n) is 2.34. The summed E-state index contributed by atoms with van der Waals surface area (Å²) in [5, 5.41) is 6.60. The van der Waals surface area contributed by atoms with Gasteiger partial charge in [-0.05, 0) is 32.4 Å². The molecule has 0 atom stereocenters. The standard InChI is InChI=1S/C11H13N3O2S/c1-4-16-11(15)10-12-9(13-14-10)8-5-6(2)7(3)17-8/h5H,4H2,1-3H3,(H,12,13,14). The molecular weight excluding hydrogens is 238 g/mol. The number of hydrogen-bond donors (Lipinski definition) is 1. The number of H-pyrrole nitrogens is 1. The molecule has 0 aliphatic carbocycles. The fraction of sp³-hybridized carbons (Fsp3) is 0.364. The number of aromatic amines is 1. The highest BCUT2D eigenvalue weighted by Crippen LogP contribution is 2.28. The maximum absolute atomic E-state index is 11.4. The topological polar surface area (TPSA) is 67.9 Å². The van der Waals surface area contributed by atoms with Crippen LogP contribution in [0.1, 0.15) is 28.0 Å². The van der Waals surface area contributed by atoms with E-state index in [1.165, 1.54) is 10.4 Å². The van der Waals surface area contributed by atoms with E-state index in [-0.39, 0.29) is 5.82 Å². The van der Waals surface area contributed by atoms with Crippen LogP contribution in [0.2, 0.25) is 0 Å². The van der Waals surface area contributed by atoms with Gasteiger partial charge in [-0.3, -0.25) is 5.10 Å². The van der Waals surface area contributed by atoms with Crippen molar-refractivity contribution < 1.29 is 9.53 Å². The van der Waals surface area contributed by atoms with Gasteiger partial charge in [0, 0.05) is 4.88 Å². The smallest absolute Gasteiger partial charge is 0.378 e. The molecule has 90 valence electrons. The van der Waals surface area contributed by atoms with Crippen LogP contribution in [-0.4, -0.2) is 27.8 Å². The molecule has 17 heavy (non-hydrogen) atoms. The summed E-state index contributed by atoms with van der Waals surface area (Å²) in [6, 6.07) is 2.02. The van der Waals surface area contributed by atoms with E-state index in [4.69, 9.17) is 4.74 Å². The second-order valence-electron chi connectivity index (χ2n) is 3.58. The summed E-state index contributed by atoms with van der Waals surface area (Å²) in [4.78, 5) is 17.7. The van der Waals surface area contributed by atoms with Gasteiger partial charge in [0.15, 0.2) is 5.82 Å². The van der Waals surface area contributed by atoms with Crippen molar-refractivity contribution in [1.82, 2.24) is 15.2 Å². The average Bonchev–Trinajstić information content (AvgIpc) is 2.87. The molecule has 2 aromatic rings. The summed E-state index contributed by atoms with van der Waals surface area (Å²) < 4.78 is 4.83. The molecule has 0 spiro atoms. The first-order valence-corrected chi connectivity index (χ1v) is 6.10. The largest absolute Gasteiger partial charge is 0.460 e. The van der Waals surface area contributed by atoms with Gasteiger partial charge in [-0.2, -0.15) is 0 Å². The normalized spacial score (nSPS) is 10.5. The van der Waals surface area contributed by atoms with Gasteiger partial charge in [0.1, 0.15) is 0 Å². The Labute approximate surface area is 103 Å². The zero-order valence-corrected chi connectivity index (χ0v) is 10.7. The van der Waals surface area contributed by atoms with E-state index in [0.717, 1.165) is 4.88 Å². The van der Waals surface area contributed by atoms with Crippen LogP contribution in [0.25, 0.3) is 10.7 Å². The molecule has 0 saturated carbocycles. The molecule has 0 aromatic carbocycles. The number of aromatic nitrogens is 3. The summed E-state index contributed by atoms with van der Waals surface area (Å²) in [6.07, 6.45) is 0. The molecular formula is C11H13N3O2S. The second kappa shape index (κ2) is 4.67. The van der Waals surface area contributed by atoms with Crippen LogP contribution in [0.5, 0.6) is 0 Å². The highest BCUT2D eigenvalue weighted by molar-refractivity contribution is 7.15. The molecule has 0 aliphatic heterocycles. The fourth-order valence-electron chi connectivity index (χ4n) is 1.35. The Morgan fingerprint density at radius 2 is 2.29 bits per heavy atom. The van der Waals surface area contributed by atoms with Gasteiger partial charge in [0.05, 0.1) is 11.5 Å². The Morgan fingerprint density at radius 3 is 2.88 bits per heavy atom. The molecule has 5 nitrogen and oxygen atoms in total. The van der Waals surface area contributed by atoms with Crippen LogP contribution < -0.4 is 0 Å². The molecule has 0 aliphatic rings. The minimum absolute atomic E-state index is 0.0746. The quantitative estimate of drug-likeness (QED) is 0.850. The number of nitrogens with one attached hydrogen (secondary N) is 1. The maximum Gasteiger partial charge on any atom is 0.378 e. The summed E-state index contributed by atoms with van der Waals surface area (Å²) in [5.74, 6) is 0.180. The van der Waals surface area contributed by atoms with Crippen LogP contribution in [-0.2, 0) is 4.74 Å². The van der Waals surface area contributed by atoms with Gasteiger partial charge in [0.25, 0.3) is 5.82 Å². The molecule has 0 radical (unpaired) electrons. The van der Waals surface area contributed by atoms with Crippen molar-refractivity contribution in [2.75, 3.05) is 6.61 Å². The van der Waals surface area contributed by atoms with Crippen molar-refractivity contribution in [1.29, 1.82) is 0 Å². The highest BCUT2D eigenvalue weighted by atomic mass is 32.1. The number of carbonyl (C=O) groups is 1. The number of ether oxygens (including phenoxy) is 1. The van der Waals surface area contributed by atoms with Crippen LogP contribution in [0, 0.1) is 13.8 Å². The summed E-state index contributed by atoms with van der Waals surface area (Å²) in [5.41, 5.74) is 1.21. The Bertz CT molecular complexity index is 525. The highest BCUT2D eigenvalue weighted by Gasteiger charge is 2.15. The van der Waals surface area contributed by atoms with Crippen LogP contribution in [0.15, 0.2) is 6.07 Å². The molecule has 0 amide bonds. The van der Waals surface area contributed by atoms with E-state index in [9.17, 15) is 4.79 Å². The van der Waals surface area contributed by atoms with Gasteiger partial charge < -0.3 is 4.74 Å². The van der Waals surface area contributed by atoms with Crippen molar-refractivity contribution in [3.8, 4) is 10.7 Å². The number of nitrogens with zero attached hydrogens (tertiary/aromatic N) is 2. The lowest BCUT2D eigenvalue weighted by Gasteiger charge is -1.94. The molecule has 1 N–H and O–H groups in total. The van der Waals surface area contributed by atoms with Crippen LogP contribution >= 0.6 is 11.3 Å². The number of rotatable bonds is 3. The lowest BCUT2D eigenvalue weighted by molar-refractivity contribution is 0.0512. The molecule has 0 bridgehead atoms. The number of aryl methyl sites for hydroxylation is 2. The van der Waals surface area contributed by atoms with Crippen molar-refractivity contribution in [3.63, 3.8) is 0 Å². The minimum atomic E-state index is -0.500. The van der Waals surface area contributed by atoms with E-state index in [1.807, 2.05) is 19.9 Å². The fourth-order valence-corrected chi connectivity index (χ4v) is 2.32. The number of esters is 1. The van der Waals surface area contributed by atoms with E-state index in [2.05, 4.69) is 15.2 Å². The van der Waals surface area contributed by atoms with E-state index in [1.54, 1.807) is 18.3 Å². The zero-order valence-electron chi connectivity index (χ0n) is 9.90. The Morgan fingerprint density at radius 1 is 1.53 bits per heavy atom. The lowest BCUT2D eigenvalue weighted by Crippen LogP contribution is -2.06. The number of thiophene rings is 1. The minimum Gasteiger partial charge on any atom is -0.460 e. The van der Waals surface area contributed by atoms with Crippen molar-refractivity contribution in [3.05, 3.63) is 22.3 Å². The van der Waals surface area contributed by atoms with E-state index < -0.39 is 5.97 Å². The van der Waals surface area contributed by atoms with E-state index in [0.29, 0.717) is 12.4 Å². The monoisotopic (exact) mass is 251 g/mol. The summed E-state index contributed by atoms with van der Waals surface area (Å²) in [6.45, 7) is 6.15. The van der Waals surface area contributed by atoms with E-state index >= 15 is 0 Å². The van der Waals surface area contributed by atoms with Crippen LogP contribution in [0.3, 0.4) is 0 Å². The molecule has 2 rings (SSSR count). The number of hydrogen-bond acceptors (Lipinski definition) is 5. The third-order valence-corrected chi connectivity index (χ3v) is 3.50. The van der Waals surface area contributed by atoms with Crippen LogP contribution in [0.4, 0.5) is 0 Å². The van der Waals surface area contributed by atoms with Gasteiger partial charge in [-0.1, -0.05) is 0 Å². The lowest BCUT2D eigenvalue weighted by atomic mass is 10.3. The van der Waals surface area contributed by atoms with Gasteiger partial charge in [0.2, 0.25) is 0 Å². The summed E-state index contributed by atoms with van der Waals surface area (Å²) in [7, 11) is 0. The first-order valence-electron chi connectivity index (χ1n) is 5.28.